The molecule has 4 heteroatoms. The normalized spacial score (nSPS) is 11.6. The number of nitrogens with one attached hydrogen (secondary N) is 2. The van der Waals surface area contributed by atoms with E-state index in [0.29, 0.717) is 6.54 Å². The molecule has 0 aliphatic carbocycles. The average molecular weight is 291 g/mol. The molecule has 1 aromatic carbocycles. The first-order valence-electron chi connectivity index (χ1n) is 7.64. The fraction of sp³-hybridized carbons (Fsp3) is 0.588. The van der Waals surface area contributed by atoms with Gasteiger partial charge >= 0.3 is 0 Å². The van der Waals surface area contributed by atoms with E-state index in [0.717, 1.165) is 36.2 Å². The van der Waals surface area contributed by atoms with Crippen molar-refractivity contribution in [2.75, 3.05) is 20.7 Å². The number of nitrogens with zero attached hydrogens (tertiary/aromatic N) is 1. The number of ether oxygens (including phenoxy) is 1. The molecule has 118 valence electrons. The lowest BCUT2D eigenvalue weighted by atomic mass is 10.1. The van der Waals surface area contributed by atoms with E-state index >= 15 is 0 Å². The number of aryl methyl sites for hydroxylation is 1. The number of aliphatic imine (C=N–C) groups is 1. The molecule has 2 N–H and O–H groups in total. The van der Waals surface area contributed by atoms with Crippen molar-refractivity contribution in [1.82, 2.24) is 10.6 Å². The van der Waals surface area contributed by atoms with Gasteiger partial charge in [0.25, 0.3) is 0 Å². The highest BCUT2D eigenvalue weighted by molar-refractivity contribution is 5.79. The van der Waals surface area contributed by atoms with Gasteiger partial charge in [0.05, 0.1) is 7.11 Å². The molecular formula is C17H29N3O. The lowest BCUT2D eigenvalue weighted by molar-refractivity contribution is 0.408. The molecule has 0 spiro atoms. The second-order valence-corrected chi connectivity index (χ2v) is 5.70. The minimum Gasteiger partial charge on any atom is -0.496 e. The van der Waals surface area contributed by atoms with Gasteiger partial charge in [-0.15, -0.1) is 0 Å². The summed E-state index contributed by atoms with van der Waals surface area (Å²) in [6.07, 6.45) is 2.39. The quantitative estimate of drug-likeness (QED) is 0.461. The Morgan fingerprint density at radius 3 is 2.67 bits per heavy atom. The van der Waals surface area contributed by atoms with Crippen LogP contribution in [0.1, 0.15) is 37.8 Å². The van der Waals surface area contributed by atoms with E-state index in [1.165, 1.54) is 12.0 Å². The van der Waals surface area contributed by atoms with Gasteiger partial charge in [0.2, 0.25) is 0 Å². The minimum atomic E-state index is 0.702. The summed E-state index contributed by atoms with van der Waals surface area (Å²) in [5.74, 6) is 2.50. The molecule has 0 amide bonds. The molecule has 0 bridgehead atoms. The van der Waals surface area contributed by atoms with Gasteiger partial charge < -0.3 is 15.4 Å². The van der Waals surface area contributed by atoms with Crippen LogP contribution < -0.4 is 15.4 Å². The molecule has 0 aliphatic heterocycles. The smallest absolute Gasteiger partial charge is 0.191 e. The SMILES string of the molecule is CN=C(NCCCC(C)C)NCc1ccc(C)cc1OC. The summed E-state index contributed by atoms with van der Waals surface area (Å²) in [5, 5.41) is 6.67. The molecule has 1 rings (SSSR count). The molecule has 0 aromatic heterocycles. The van der Waals surface area contributed by atoms with Gasteiger partial charge in [0, 0.05) is 25.7 Å². The topological polar surface area (TPSA) is 45.7 Å². The second kappa shape index (κ2) is 9.27. The van der Waals surface area contributed by atoms with Crippen molar-refractivity contribution >= 4 is 5.96 Å². The fourth-order valence-electron chi connectivity index (χ4n) is 2.11. The van der Waals surface area contributed by atoms with Gasteiger partial charge in [-0.1, -0.05) is 26.0 Å². The summed E-state index contributed by atoms with van der Waals surface area (Å²) in [7, 11) is 3.50. The van der Waals surface area contributed by atoms with E-state index in [2.05, 4.69) is 54.6 Å². The molecule has 0 heterocycles. The molecule has 0 atom stereocenters. The van der Waals surface area contributed by atoms with Crippen LogP contribution in [0.15, 0.2) is 23.2 Å². The largest absolute Gasteiger partial charge is 0.496 e. The third-order valence-corrected chi connectivity index (χ3v) is 3.36. The van der Waals surface area contributed by atoms with Gasteiger partial charge in [-0.3, -0.25) is 4.99 Å². The van der Waals surface area contributed by atoms with Gasteiger partial charge in [-0.2, -0.15) is 0 Å². The highest BCUT2D eigenvalue weighted by Crippen LogP contribution is 2.19. The van der Waals surface area contributed by atoms with Crippen molar-refractivity contribution in [3.05, 3.63) is 29.3 Å². The summed E-state index contributed by atoms with van der Waals surface area (Å²) < 4.78 is 5.42. The standard InChI is InChI=1S/C17H29N3O/c1-13(2)7-6-10-19-17(18-4)20-12-15-9-8-14(3)11-16(15)21-5/h8-9,11,13H,6-7,10,12H2,1-5H3,(H2,18,19,20). The van der Waals surface area contributed by atoms with E-state index in [4.69, 9.17) is 4.74 Å². The number of hydrogen-bond donors (Lipinski definition) is 2. The molecule has 0 unspecified atom stereocenters. The first-order valence-corrected chi connectivity index (χ1v) is 7.64. The van der Waals surface area contributed by atoms with Crippen LogP contribution in [-0.2, 0) is 6.54 Å². The van der Waals surface area contributed by atoms with Gasteiger partial charge in [0.15, 0.2) is 5.96 Å². The summed E-state index contributed by atoms with van der Waals surface area (Å²) in [6.45, 7) is 8.21. The Bertz CT molecular complexity index is 455. The molecule has 1 aromatic rings. The van der Waals surface area contributed by atoms with Crippen LogP contribution in [0.5, 0.6) is 5.75 Å². The van der Waals surface area contributed by atoms with Crippen LogP contribution in [0, 0.1) is 12.8 Å². The molecule has 4 nitrogen and oxygen atoms in total. The molecular weight excluding hydrogens is 262 g/mol. The number of rotatable bonds is 7. The van der Waals surface area contributed by atoms with Crippen LogP contribution in [0.2, 0.25) is 0 Å². The highest BCUT2D eigenvalue weighted by atomic mass is 16.5. The zero-order chi connectivity index (χ0) is 15.7. The van der Waals surface area contributed by atoms with E-state index in [1.807, 2.05) is 0 Å². The Morgan fingerprint density at radius 2 is 2.05 bits per heavy atom. The Morgan fingerprint density at radius 1 is 1.29 bits per heavy atom. The Hall–Kier alpha value is -1.71. The number of guanidine groups is 1. The zero-order valence-corrected chi connectivity index (χ0v) is 14.0. The minimum absolute atomic E-state index is 0.702. The van der Waals surface area contributed by atoms with Crippen molar-refractivity contribution in [2.24, 2.45) is 10.9 Å². The first kappa shape index (κ1) is 17.3. The predicted octanol–water partition coefficient (Wildman–Crippen LogP) is 3.10. The summed E-state index contributed by atoms with van der Waals surface area (Å²) >= 11 is 0. The fourth-order valence-corrected chi connectivity index (χ4v) is 2.11. The van der Waals surface area contributed by atoms with Gasteiger partial charge in [0.1, 0.15) is 5.75 Å². The van der Waals surface area contributed by atoms with Crippen molar-refractivity contribution < 1.29 is 4.74 Å². The van der Waals surface area contributed by atoms with Crippen LogP contribution in [0.25, 0.3) is 0 Å². The third-order valence-electron chi connectivity index (χ3n) is 3.36. The maximum absolute atomic E-state index is 5.42. The van der Waals surface area contributed by atoms with Crippen molar-refractivity contribution in [3.8, 4) is 5.75 Å². The molecule has 0 radical (unpaired) electrons. The Kier molecular flexibility index (Phi) is 7.65. The number of methoxy groups -OCH3 is 1. The van der Waals surface area contributed by atoms with E-state index in [1.54, 1.807) is 14.2 Å². The lowest BCUT2D eigenvalue weighted by Gasteiger charge is -2.14. The van der Waals surface area contributed by atoms with Crippen molar-refractivity contribution in [2.45, 2.75) is 40.2 Å². The summed E-state index contributed by atoms with van der Waals surface area (Å²) in [6, 6.07) is 6.24. The Labute approximate surface area is 129 Å². The molecule has 21 heavy (non-hydrogen) atoms. The van der Waals surface area contributed by atoms with Crippen molar-refractivity contribution in [1.29, 1.82) is 0 Å². The third kappa shape index (κ3) is 6.52. The van der Waals surface area contributed by atoms with E-state index in [-0.39, 0.29) is 0 Å². The molecule has 0 aliphatic rings. The maximum Gasteiger partial charge on any atom is 0.191 e. The van der Waals surface area contributed by atoms with Gasteiger partial charge in [-0.25, -0.2) is 0 Å². The highest BCUT2D eigenvalue weighted by Gasteiger charge is 2.04. The van der Waals surface area contributed by atoms with Crippen LogP contribution in [0.4, 0.5) is 0 Å². The summed E-state index contributed by atoms with van der Waals surface area (Å²) in [5.41, 5.74) is 2.33. The van der Waals surface area contributed by atoms with E-state index in [9.17, 15) is 0 Å². The molecule has 0 fully saturated rings. The average Bonchev–Trinajstić information content (AvgIpc) is 2.47. The predicted molar refractivity (Wildman–Crippen MR) is 90.0 cm³/mol. The monoisotopic (exact) mass is 291 g/mol. The van der Waals surface area contributed by atoms with Crippen LogP contribution in [0.3, 0.4) is 0 Å². The van der Waals surface area contributed by atoms with Crippen LogP contribution in [-0.4, -0.2) is 26.7 Å². The first-order chi connectivity index (χ1) is 10.1. The maximum atomic E-state index is 5.42. The van der Waals surface area contributed by atoms with E-state index < -0.39 is 0 Å². The number of benzene rings is 1. The Balaban J connectivity index is 2.45. The zero-order valence-electron chi connectivity index (χ0n) is 14.0. The van der Waals surface area contributed by atoms with Crippen molar-refractivity contribution in [3.63, 3.8) is 0 Å². The van der Waals surface area contributed by atoms with Gasteiger partial charge in [-0.05, 0) is 37.3 Å². The van der Waals surface area contributed by atoms with Crippen LogP contribution >= 0.6 is 0 Å². The molecule has 0 saturated heterocycles. The summed E-state index contributed by atoms with van der Waals surface area (Å²) in [4.78, 5) is 4.25. The second-order valence-electron chi connectivity index (χ2n) is 5.70. The molecule has 0 saturated carbocycles. The lowest BCUT2D eigenvalue weighted by Crippen LogP contribution is -2.37. The number of hydrogen-bond acceptors (Lipinski definition) is 2.